The summed E-state index contributed by atoms with van der Waals surface area (Å²) in [5.41, 5.74) is 2.77. The summed E-state index contributed by atoms with van der Waals surface area (Å²) in [6.07, 6.45) is 1.40. The second-order valence-electron chi connectivity index (χ2n) is 7.93. The molecule has 0 fully saturated rings. The quantitative estimate of drug-likeness (QED) is 0.293. The van der Waals surface area contributed by atoms with Gasteiger partial charge < -0.3 is 10.6 Å². The van der Waals surface area contributed by atoms with Gasteiger partial charge in [-0.1, -0.05) is 91.0 Å². The lowest BCUT2D eigenvalue weighted by Crippen LogP contribution is -2.46. The van der Waals surface area contributed by atoms with Crippen LogP contribution in [0.1, 0.15) is 42.9 Å². The Bertz CT molecular complexity index is 895. The van der Waals surface area contributed by atoms with Crippen LogP contribution in [0.3, 0.4) is 0 Å². The number of hydrogen-bond acceptors (Lipinski definition) is 3. The van der Waals surface area contributed by atoms with Gasteiger partial charge in [-0.25, -0.2) is 0 Å². The minimum Gasteiger partial charge on any atom is -0.356 e. The molecular formula is C28H33N3O2. The Morgan fingerprint density at radius 1 is 0.636 bits per heavy atom. The average Bonchev–Trinajstić information content (AvgIpc) is 2.86. The zero-order valence-electron chi connectivity index (χ0n) is 19.2. The lowest BCUT2D eigenvalue weighted by molar-refractivity contribution is -0.122. The number of carbonyl (C=O) groups excluding carboxylic acids is 2. The summed E-state index contributed by atoms with van der Waals surface area (Å²) in [6.45, 7) is 3.52. The molecule has 0 aliphatic carbocycles. The first-order valence-corrected chi connectivity index (χ1v) is 11.6. The van der Waals surface area contributed by atoms with Crippen molar-refractivity contribution in [2.75, 3.05) is 19.6 Å². The topological polar surface area (TPSA) is 70.2 Å². The summed E-state index contributed by atoms with van der Waals surface area (Å²) in [5.74, 6) is -0.00623. The highest BCUT2D eigenvalue weighted by Crippen LogP contribution is 2.36. The smallest absolute Gasteiger partial charge is 0.221 e. The molecule has 3 rings (SSSR count). The van der Waals surface area contributed by atoms with Gasteiger partial charge in [0.1, 0.15) is 0 Å². The third-order valence-corrected chi connectivity index (χ3v) is 5.64. The number of hydrogen-bond donors (Lipinski definition) is 3. The maximum Gasteiger partial charge on any atom is 0.221 e. The van der Waals surface area contributed by atoms with Crippen LogP contribution in [0, 0.1) is 0 Å². The number of amides is 2. The number of carbonyl (C=O) groups is 2. The van der Waals surface area contributed by atoms with Crippen LogP contribution in [0.4, 0.5) is 0 Å². The fourth-order valence-electron chi connectivity index (χ4n) is 4.08. The van der Waals surface area contributed by atoms with Crippen LogP contribution in [0.2, 0.25) is 0 Å². The van der Waals surface area contributed by atoms with E-state index in [-0.39, 0.29) is 11.8 Å². The molecule has 2 amide bonds. The summed E-state index contributed by atoms with van der Waals surface area (Å²) in [4.78, 5) is 24.0. The predicted octanol–water partition coefficient (Wildman–Crippen LogP) is 3.99. The highest BCUT2D eigenvalue weighted by Gasteiger charge is 2.35. The van der Waals surface area contributed by atoms with Gasteiger partial charge in [-0.05, 0) is 30.0 Å². The van der Waals surface area contributed by atoms with Crippen molar-refractivity contribution < 1.29 is 9.59 Å². The molecule has 172 valence electrons. The molecule has 3 aromatic carbocycles. The lowest BCUT2D eigenvalue weighted by Gasteiger charge is -2.37. The third kappa shape index (κ3) is 6.53. The number of benzene rings is 3. The number of rotatable bonds is 12. The Balaban J connectivity index is 1.73. The van der Waals surface area contributed by atoms with Crippen LogP contribution in [0.15, 0.2) is 91.0 Å². The van der Waals surface area contributed by atoms with Gasteiger partial charge in [-0.3, -0.25) is 14.9 Å². The highest BCUT2D eigenvalue weighted by molar-refractivity contribution is 5.77. The molecule has 0 radical (unpaired) electrons. The average molecular weight is 444 g/mol. The minimum atomic E-state index is -0.581. The Morgan fingerprint density at radius 3 is 1.55 bits per heavy atom. The normalized spacial score (nSPS) is 11.1. The van der Waals surface area contributed by atoms with Crippen molar-refractivity contribution >= 4 is 11.8 Å². The zero-order valence-corrected chi connectivity index (χ0v) is 19.2. The van der Waals surface area contributed by atoms with Gasteiger partial charge in [0.15, 0.2) is 0 Å². The lowest BCUT2D eigenvalue weighted by atomic mass is 9.77. The maximum atomic E-state index is 12.5. The van der Waals surface area contributed by atoms with Gasteiger partial charge >= 0.3 is 0 Å². The van der Waals surface area contributed by atoms with Crippen molar-refractivity contribution in [3.8, 4) is 0 Å². The molecule has 0 unspecified atom stereocenters. The van der Waals surface area contributed by atoms with Crippen LogP contribution >= 0.6 is 0 Å². The standard InChI is InChI=1S/C28H33N3O2/c1-2-29-26(32)19-12-21-30-27(33)20-22-31-28(23-13-6-3-7-14-23,24-15-8-4-9-16-24)25-17-10-5-11-18-25/h3-11,13-18,31H,2,12,19-22H2,1H3,(H,29,32)(H,30,33). The van der Waals surface area contributed by atoms with Crippen molar-refractivity contribution in [2.24, 2.45) is 0 Å². The van der Waals surface area contributed by atoms with Gasteiger partial charge in [0.05, 0.1) is 5.54 Å². The molecule has 0 aliphatic rings. The Morgan fingerprint density at radius 2 is 1.09 bits per heavy atom. The Kier molecular flexibility index (Phi) is 9.21. The van der Waals surface area contributed by atoms with Gasteiger partial charge in [0, 0.05) is 32.5 Å². The van der Waals surface area contributed by atoms with E-state index in [1.54, 1.807) is 0 Å². The molecule has 0 spiro atoms. The zero-order chi connectivity index (χ0) is 23.4. The molecule has 5 nitrogen and oxygen atoms in total. The maximum absolute atomic E-state index is 12.5. The minimum absolute atomic E-state index is 0.0202. The fourth-order valence-corrected chi connectivity index (χ4v) is 4.08. The van der Waals surface area contributed by atoms with E-state index >= 15 is 0 Å². The van der Waals surface area contributed by atoms with Crippen molar-refractivity contribution in [2.45, 2.75) is 31.7 Å². The van der Waals surface area contributed by atoms with Crippen molar-refractivity contribution in [3.05, 3.63) is 108 Å². The van der Waals surface area contributed by atoms with Gasteiger partial charge in [-0.15, -0.1) is 0 Å². The van der Waals surface area contributed by atoms with E-state index in [0.29, 0.717) is 38.9 Å². The molecule has 5 heteroatoms. The summed E-state index contributed by atoms with van der Waals surface area (Å²) in [6, 6.07) is 31.0. The van der Waals surface area contributed by atoms with Gasteiger partial charge in [0.2, 0.25) is 11.8 Å². The molecule has 0 atom stereocenters. The summed E-state index contributed by atoms with van der Waals surface area (Å²) in [5, 5.41) is 9.41. The summed E-state index contributed by atoms with van der Waals surface area (Å²) in [7, 11) is 0. The van der Waals surface area contributed by atoms with Gasteiger partial charge in [-0.2, -0.15) is 0 Å². The van der Waals surface area contributed by atoms with Gasteiger partial charge in [0.25, 0.3) is 0 Å². The molecule has 0 saturated carbocycles. The van der Waals surface area contributed by atoms with Crippen LogP contribution in [0.25, 0.3) is 0 Å². The van der Waals surface area contributed by atoms with E-state index in [1.165, 1.54) is 0 Å². The van der Waals surface area contributed by atoms with Crippen molar-refractivity contribution in [1.82, 2.24) is 16.0 Å². The van der Waals surface area contributed by atoms with Crippen LogP contribution in [-0.4, -0.2) is 31.4 Å². The largest absolute Gasteiger partial charge is 0.356 e. The van der Waals surface area contributed by atoms with E-state index in [1.807, 2.05) is 61.5 Å². The van der Waals surface area contributed by atoms with Crippen molar-refractivity contribution in [3.63, 3.8) is 0 Å². The molecule has 0 aliphatic heterocycles. The van der Waals surface area contributed by atoms with Crippen LogP contribution in [0.5, 0.6) is 0 Å². The van der Waals surface area contributed by atoms with Crippen LogP contribution in [-0.2, 0) is 15.1 Å². The van der Waals surface area contributed by atoms with E-state index in [9.17, 15) is 9.59 Å². The first kappa shape index (κ1) is 24.2. The molecule has 0 bridgehead atoms. The van der Waals surface area contributed by atoms with E-state index in [2.05, 4.69) is 52.3 Å². The van der Waals surface area contributed by atoms with Crippen molar-refractivity contribution in [1.29, 1.82) is 0 Å². The highest BCUT2D eigenvalue weighted by atomic mass is 16.2. The molecule has 3 aromatic rings. The molecule has 0 aromatic heterocycles. The number of nitrogens with one attached hydrogen (secondary N) is 3. The van der Waals surface area contributed by atoms with E-state index in [4.69, 9.17) is 0 Å². The molecule has 3 N–H and O–H groups in total. The molecule has 33 heavy (non-hydrogen) atoms. The third-order valence-electron chi connectivity index (χ3n) is 5.64. The second kappa shape index (κ2) is 12.6. The first-order valence-electron chi connectivity index (χ1n) is 11.6. The molecule has 0 saturated heterocycles. The van der Waals surface area contributed by atoms with E-state index < -0.39 is 5.54 Å². The molecular weight excluding hydrogens is 410 g/mol. The fraction of sp³-hybridized carbons (Fsp3) is 0.286. The Labute approximate surface area is 196 Å². The Hall–Kier alpha value is -3.44. The monoisotopic (exact) mass is 443 g/mol. The second-order valence-corrected chi connectivity index (χ2v) is 7.93. The predicted molar refractivity (Wildman–Crippen MR) is 133 cm³/mol. The SMILES string of the molecule is CCNC(=O)CCCNC(=O)CCNC(c1ccccc1)(c1ccccc1)c1ccccc1. The summed E-state index contributed by atoms with van der Waals surface area (Å²) < 4.78 is 0. The molecule has 0 heterocycles. The first-order chi connectivity index (χ1) is 16.2. The van der Waals surface area contributed by atoms with E-state index in [0.717, 1.165) is 16.7 Å². The summed E-state index contributed by atoms with van der Waals surface area (Å²) >= 11 is 0. The van der Waals surface area contributed by atoms with Crippen LogP contribution < -0.4 is 16.0 Å².